The standard InChI is InChI=1S/2C14H17F3N4O3S.C8H8F3N3OS.C7H6F3N3S.C6H11NO2.CH3I.3CH4.I3/c2*1-3-4-8-5-20(13(22)24-8)6-9-11(14(15,16)17)18-12-21(9)19-10(25-12)7-23-2;1-2-5-13-14-4(3-15)6(8(9,10)11)12-7(14)16-5;1-2-5-12-13-3-4(7(8,9)10)11-6(13)14-5;1-2-3-5-4-7-6(8)9-5;1-2;;;;1-3-2/h2*8H,3-7H2,1-2H3;15H,2-3H2,1H3;3H,2H2,1H3;5H,2-4H2,1H3,(H,7,8);1H3;3*1H4;/q;;;;;;;;;-1/i2*7D2;2*2D2;;;;;;. The number of hydrogen-bond acceptors (Lipinski definition) is 21. The van der Waals surface area contributed by atoms with Crippen LogP contribution in [0.1, 0.15) is 166 Å². The van der Waals surface area contributed by atoms with Crippen molar-refractivity contribution in [2.75, 3.05) is 38.8 Å². The second-order valence-corrected chi connectivity index (χ2v) is 38.7. The largest absolute Gasteiger partial charge is 0.444 e. The maximum atomic E-state index is 13.4. The van der Waals surface area contributed by atoms with E-state index >= 15 is 0 Å². The number of ether oxygens (including phenoxy) is 5. The van der Waals surface area contributed by atoms with Crippen molar-refractivity contribution in [3.63, 3.8) is 0 Å². The van der Waals surface area contributed by atoms with Gasteiger partial charge in [-0.3, -0.25) is 9.80 Å². The molecule has 3 amide bonds. The Morgan fingerprint density at radius 2 is 0.938 bits per heavy atom. The van der Waals surface area contributed by atoms with Gasteiger partial charge in [0.25, 0.3) is 0 Å². The predicted octanol–water partition coefficient (Wildman–Crippen LogP) is 13.0. The van der Waals surface area contributed by atoms with Crippen molar-refractivity contribution in [2.24, 2.45) is 0 Å². The molecule has 0 saturated carbocycles. The Bertz CT molecular complexity index is 3880. The number of aromatic nitrogens is 12. The van der Waals surface area contributed by atoms with Crippen molar-refractivity contribution < 1.29 is 120 Å². The molecule has 3 unspecified atom stereocenters. The Balaban J connectivity index is 0.000000451. The molecule has 0 radical (unpaired) electrons. The van der Waals surface area contributed by atoms with Crippen molar-refractivity contribution in [3.8, 4) is 0 Å². The number of nitrogens with one attached hydrogen (secondary N) is 1. The molecule has 2 N–H and O–H groups in total. The minimum absolute atomic E-state index is 0. The summed E-state index contributed by atoms with van der Waals surface area (Å²) in [5.74, 6) is 0. The van der Waals surface area contributed by atoms with Crippen LogP contribution < -0.4 is 18.6 Å². The van der Waals surface area contributed by atoms with Gasteiger partial charge in [-0.2, -0.15) is 73.1 Å². The van der Waals surface area contributed by atoms with Crippen LogP contribution in [0.5, 0.6) is 0 Å². The van der Waals surface area contributed by atoms with Gasteiger partial charge in [-0.25, -0.2) is 52.4 Å². The fourth-order valence-corrected chi connectivity index (χ4v) is 11.5. The molecule has 0 bridgehead atoms. The summed E-state index contributed by atoms with van der Waals surface area (Å²) in [6.07, 6.45) is -18.8. The summed E-state index contributed by atoms with van der Waals surface area (Å²) in [5.41, 5.74) is -5.69. The number of alkyl halides is 13. The van der Waals surface area contributed by atoms with Gasteiger partial charge in [-0.05, 0) is 36.9 Å². The van der Waals surface area contributed by atoms with Crippen LogP contribution in [0.4, 0.5) is 67.1 Å². The SMILES string of the molecule is C.C.C.CCCC1CNC(=O)O1.CI.I[I-]I.[2H]C([2H])(C)c1nn2c(CO)c(C(F)(F)F)nc2s1.[2H]C([2H])(C)c1nn2cc(C(F)(F)F)nc2s1.[2H]C([2H])(OC)c1nn2c(CN3CC(CCC)OC3=O)c(C(F)(F)F)nc2s1.[2H]C([2H])(OC)c1nn2c(CN3CC(CCC)OC3=O)c(C(F)(F)F)nc2s1. The molecule has 8 aromatic rings. The van der Waals surface area contributed by atoms with Crippen LogP contribution >= 0.6 is 105 Å². The van der Waals surface area contributed by atoms with Crippen molar-refractivity contribution in [2.45, 2.75) is 184 Å². The summed E-state index contributed by atoms with van der Waals surface area (Å²) in [6.45, 7) is 3.29. The topological polar surface area (TPSA) is 257 Å². The molecule has 3 saturated heterocycles. The molecular formula is C53H74F12I4N15O9S4-. The quantitative estimate of drug-likeness (QED) is 0.0372. The van der Waals surface area contributed by atoms with Crippen LogP contribution in [-0.4, -0.2) is 149 Å². The first kappa shape index (κ1) is 75.8. The van der Waals surface area contributed by atoms with Gasteiger partial charge in [0.1, 0.15) is 44.0 Å². The van der Waals surface area contributed by atoms with Crippen molar-refractivity contribution in [3.05, 3.63) is 66.1 Å². The summed E-state index contributed by atoms with van der Waals surface area (Å²) < 4.78 is 244. The maximum Gasteiger partial charge on any atom is 0.435 e. The van der Waals surface area contributed by atoms with Gasteiger partial charge < -0.3 is 34.1 Å². The molecule has 552 valence electrons. The van der Waals surface area contributed by atoms with E-state index in [0.717, 1.165) is 86.8 Å². The molecule has 24 nitrogen and oxygen atoms in total. The number of carbonyl (C=O) groups excluding carboxylic acids is 3. The van der Waals surface area contributed by atoms with Crippen LogP contribution in [0.25, 0.3) is 19.8 Å². The van der Waals surface area contributed by atoms with Gasteiger partial charge in [0.05, 0.1) is 75.5 Å². The molecule has 0 spiro atoms. The van der Waals surface area contributed by atoms with Crippen LogP contribution in [0, 0.1) is 0 Å². The number of cyclic esters (lactones) is 3. The molecule has 0 aliphatic carbocycles. The molecule has 8 aromatic heterocycles. The number of alkyl carbamates (subject to hydrolysis) is 1. The number of methoxy groups -OCH3 is 2. The van der Waals surface area contributed by atoms with Gasteiger partial charge >= 0.3 is 93.5 Å². The molecule has 11 heterocycles. The Labute approximate surface area is 620 Å². The fraction of sp³-hybridized carbons (Fsp3) is 0.642. The zero-order valence-corrected chi connectivity index (χ0v) is 61.8. The van der Waals surface area contributed by atoms with E-state index in [2.05, 4.69) is 122 Å². The van der Waals surface area contributed by atoms with E-state index in [4.69, 9.17) is 30.3 Å². The number of fused-ring (bicyclic) bond motifs is 4. The van der Waals surface area contributed by atoms with Crippen molar-refractivity contribution in [1.29, 1.82) is 0 Å². The average Bonchev–Trinajstić information content (AvgIpc) is 1.61. The summed E-state index contributed by atoms with van der Waals surface area (Å²) >= 11 is 10.3. The van der Waals surface area contributed by atoms with Crippen LogP contribution in [0.3, 0.4) is 0 Å². The third kappa shape index (κ3) is 24.7. The Morgan fingerprint density at radius 1 is 0.577 bits per heavy atom. The number of rotatable bonds is 17. The van der Waals surface area contributed by atoms with Crippen LogP contribution in [0.15, 0.2) is 6.20 Å². The number of hydrogen-bond donors (Lipinski definition) is 2. The number of aliphatic hydroxyl groups is 1. The number of imidazole rings is 4. The van der Waals surface area contributed by atoms with E-state index in [-0.39, 0.29) is 111 Å². The minimum atomic E-state index is -4.74. The van der Waals surface area contributed by atoms with E-state index in [1.807, 2.05) is 18.8 Å². The molecule has 3 aliphatic rings. The summed E-state index contributed by atoms with van der Waals surface area (Å²) in [7, 11) is 2.25. The van der Waals surface area contributed by atoms with E-state index in [9.17, 15) is 67.1 Å². The van der Waals surface area contributed by atoms with Crippen LogP contribution in [-0.2, 0) is 93.9 Å². The number of aryl methyl sites for hydroxylation is 2. The minimum Gasteiger partial charge on any atom is -0.444 e. The van der Waals surface area contributed by atoms with Gasteiger partial charge in [-0.15, -0.1) is 0 Å². The van der Waals surface area contributed by atoms with E-state index in [1.165, 1.54) is 23.6 Å². The number of amides is 3. The third-order valence-electron chi connectivity index (χ3n) is 12.1. The predicted molar refractivity (Wildman–Crippen MR) is 362 cm³/mol. The van der Waals surface area contributed by atoms with Crippen molar-refractivity contribution >= 4 is 143 Å². The number of aliphatic hydroxyl groups excluding tert-OH is 1. The summed E-state index contributed by atoms with van der Waals surface area (Å²) in [5, 5.41) is 26.6. The van der Waals surface area contributed by atoms with Crippen molar-refractivity contribution in [1.82, 2.24) is 73.5 Å². The number of nitrogens with zero attached hydrogens (tertiary/aromatic N) is 14. The van der Waals surface area contributed by atoms with E-state index < -0.39 is 111 Å². The molecule has 3 atom stereocenters. The van der Waals surface area contributed by atoms with E-state index in [1.54, 1.807) is 0 Å². The first-order valence-corrected chi connectivity index (χ1v) is 44.8. The Kier molecular flexibility index (Phi) is 31.8. The molecule has 97 heavy (non-hydrogen) atoms. The third-order valence-corrected chi connectivity index (χ3v) is 15.6. The fourth-order valence-electron chi connectivity index (χ4n) is 8.40. The van der Waals surface area contributed by atoms with Crippen LogP contribution in [0.2, 0.25) is 0 Å². The first-order chi connectivity index (χ1) is 47.2. The zero-order chi connectivity index (χ0) is 77.2. The molecule has 0 aromatic carbocycles. The maximum absolute atomic E-state index is 13.4. The second-order valence-electron chi connectivity index (χ2n) is 18.6. The molecule has 3 fully saturated rings. The smallest absolute Gasteiger partial charge is 0.435 e. The Morgan fingerprint density at radius 3 is 1.28 bits per heavy atom. The second kappa shape index (κ2) is 40.7. The molecule has 11 rings (SSSR count). The summed E-state index contributed by atoms with van der Waals surface area (Å²) in [4.78, 5) is 52.2. The number of carbonyl (C=O) groups is 3. The summed E-state index contributed by atoms with van der Waals surface area (Å²) in [6, 6.07) is 0. The van der Waals surface area contributed by atoms with Gasteiger partial charge in [0.15, 0.2) is 22.8 Å². The molecular weight excluding hydrogens is 1850 g/mol. The average molecular weight is 1940 g/mol. The normalized spacial score (nSPS) is 17.8. The first-order valence-electron chi connectivity index (χ1n) is 30.8. The van der Waals surface area contributed by atoms with Gasteiger partial charge in [-0.1, -0.05) is 144 Å². The van der Waals surface area contributed by atoms with Gasteiger partial charge in [0, 0.05) is 19.7 Å². The monoisotopic (exact) mass is 1940 g/mol. The molecule has 3 aliphatic heterocycles. The number of halogens is 16. The molecule has 44 heteroatoms. The Hall–Kier alpha value is -3.83. The van der Waals surface area contributed by atoms with E-state index in [0.29, 0.717) is 55.3 Å². The zero-order valence-electron chi connectivity index (χ0n) is 57.9. The van der Waals surface area contributed by atoms with Gasteiger partial charge in [0.2, 0.25) is 19.8 Å².